The van der Waals surface area contributed by atoms with Crippen LogP contribution in [0.15, 0.2) is 48.5 Å². The number of aromatic nitrogens is 2. The molecular weight excluding hydrogens is 315 g/mol. The SMILES string of the molecule is Cc1nc2ccccc2nc1CN1CCNCC1c1cccc(F)c1. The van der Waals surface area contributed by atoms with Crippen LogP contribution in [-0.2, 0) is 6.54 Å². The highest BCUT2D eigenvalue weighted by molar-refractivity contribution is 5.74. The molecule has 1 N–H and O–H groups in total. The maximum Gasteiger partial charge on any atom is 0.123 e. The number of fused-ring (bicyclic) bond motifs is 1. The van der Waals surface area contributed by atoms with E-state index in [0.29, 0.717) is 6.54 Å². The quantitative estimate of drug-likeness (QED) is 0.797. The summed E-state index contributed by atoms with van der Waals surface area (Å²) in [7, 11) is 0. The van der Waals surface area contributed by atoms with Crippen LogP contribution in [0.2, 0.25) is 0 Å². The number of aryl methyl sites for hydroxylation is 1. The summed E-state index contributed by atoms with van der Waals surface area (Å²) in [6, 6.07) is 15.0. The van der Waals surface area contributed by atoms with Crippen molar-refractivity contribution in [1.82, 2.24) is 20.2 Å². The molecular formula is C20H21FN4. The zero-order chi connectivity index (χ0) is 17.2. The van der Waals surface area contributed by atoms with Crippen LogP contribution in [-0.4, -0.2) is 34.5 Å². The van der Waals surface area contributed by atoms with Crippen LogP contribution in [0, 0.1) is 12.7 Å². The van der Waals surface area contributed by atoms with Gasteiger partial charge in [0.25, 0.3) is 0 Å². The minimum Gasteiger partial charge on any atom is -0.314 e. The first-order valence-electron chi connectivity index (χ1n) is 8.63. The fourth-order valence-corrected chi connectivity index (χ4v) is 3.45. The fourth-order valence-electron chi connectivity index (χ4n) is 3.45. The molecule has 1 fully saturated rings. The van der Waals surface area contributed by atoms with Gasteiger partial charge in [-0.3, -0.25) is 4.90 Å². The number of hydrogen-bond donors (Lipinski definition) is 1. The Balaban J connectivity index is 1.64. The number of nitrogens with one attached hydrogen (secondary N) is 1. The summed E-state index contributed by atoms with van der Waals surface area (Å²) in [5.41, 5.74) is 4.78. The van der Waals surface area contributed by atoms with E-state index < -0.39 is 0 Å². The van der Waals surface area contributed by atoms with Gasteiger partial charge in [-0.2, -0.15) is 0 Å². The average molecular weight is 336 g/mol. The van der Waals surface area contributed by atoms with Crippen LogP contribution in [0.4, 0.5) is 4.39 Å². The first-order valence-corrected chi connectivity index (χ1v) is 8.63. The molecule has 4 nitrogen and oxygen atoms in total. The number of halogens is 1. The third kappa shape index (κ3) is 3.38. The molecule has 5 heteroatoms. The predicted octanol–water partition coefficient (Wildman–Crippen LogP) is 3.22. The molecule has 1 aliphatic heterocycles. The van der Waals surface area contributed by atoms with Crippen molar-refractivity contribution in [3.05, 3.63) is 71.3 Å². The number of benzene rings is 2. The predicted molar refractivity (Wildman–Crippen MR) is 96.7 cm³/mol. The smallest absolute Gasteiger partial charge is 0.123 e. The molecule has 1 saturated heterocycles. The van der Waals surface area contributed by atoms with Crippen LogP contribution >= 0.6 is 0 Å². The lowest BCUT2D eigenvalue weighted by Gasteiger charge is -2.36. The van der Waals surface area contributed by atoms with Gasteiger partial charge in [0, 0.05) is 32.2 Å². The Morgan fingerprint density at radius 1 is 1.12 bits per heavy atom. The molecule has 1 unspecified atom stereocenters. The van der Waals surface area contributed by atoms with Crippen molar-refractivity contribution < 1.29 is 4.39 Å². The van der Waals surface area contributed by atoms with Gasteiger partial charge in [0.2, 0.25) is 0 Å². The van der Waals surface area contributed by atoms with E-state index in [9.17, 15) is 4.39 Å². The summed E-state index contributed by atoms with van der Waals surface area (Å²) in [5, 5.41) is 3.41. The molecule has 0 spiro atoms. The van der Waals surface area contributed by atoms with Crippen molar-refractivity contribution in [2.75, 3.05) is 19.6 Å². The van der Waals surface area contributed by atoms with E-state index in [2.05, 4.69) is 15.2 Å². The van der Waals surface area contributed by atoms with Crippen LogP contribution in [0.3, 0.4) is 0 Å². The third-order valence-corrected chi connectivity index (χ3v) is 4.78. The zero-order valence-corrected chi connectivity index (χ0v) is 14.2. The minimum atomic E-state index is -0.190. The van der Waals surface area contributed by atoms with E-state index in [-0.39, 0.29) is 11.9 Å². The van der Waals surface area contributed by atoms with Gasteiger partial charge in [-0.15, -0.1) is 0 Å². The lowest BCUT2D eigenvalue weighted by molar-refractivity contribution is 0.151. The van der Waals surface area contributed by atoms with Gasteiger partial charge < -0.3 is 5.32 Å². The van der Waals surface area contributed by atoms with E-state index in [1.165, 1.54) is 6.07 Å². The Morgan fingerprint density at radius 2 is 1.92 bits per heavy atom. The van der Waals surface area contributed by atoms with Gasteiger partial charge in [0.15, 0.2) is 0 Å². The van der Waals surface area contributed by atoms with Crippen molar-refractivity contribution in [2.24, 2.45) is 0 Å². The summed E-state index contributed by atoms with van der Waals surface area (Å²) in [6.45, 7) is 5.35. The van der Waals surface area contributed by atoms with Crippen molar-refractivity contribution in [3.8, 4) is 0 Å². The summed E-state index contributed by atoms with van der Waals surface area (Å²) >= 11 is 0. The lowest BCUT2D eigenvalue weighted by atomic mass is 10.0. The van der Waals surface area contributed by atoms with E-state index >= 15 is 0 Å². The van der Waals surface area contributed by atoms with Crippen molar-refractivity contribution in [1.29, 1.82) is 0 Å². The molecule has 0 aliphatic carbocycles. The Kier molecular flexibility index (Phi) is 4.42. The lowest BCUT2D eigenvalue weighted by Crippen LogP contribution is -2.45. The first-order chi connectivity index (χ1) is 12.2. The Morgan fingerprint density at radius 3 is 2.72 bits per heavy atom. The molecule has 0 radical (unpaired) electrons. The van der Waals surface area contributed by atoms with Crippen molar-refractivity contribution in [3.63, 3.8) is 0 Å². The molecule has 25 heavy (non-hydrogen) atoms. The van der Waals surface area contributed by atoms with Gasteiger partial charge in [0.05, 0.1) is 22.4 Å². The average Bonchev–Trinajstić information content (AvgIpc) is 2.63. The second-order valence-electron chi connectivity index (χ2n) is 6.49. The molecule has 1 aromatic heterocycles. The van der Waals surface area contributed by atoms with Crippen LogP contribution in [0.25, 0.3) is 11.0 Å². The van der Waals surface area contributed by atoms with Crippen LogP contribution < -0.4 is 5.32 Å². The molecule has 0 saturated carbocycles. The summed E-state index contributed by atoms with van der Waals surface area (Å²) in [5.74, 6) is -0.190. The zero-order valence-electron chi connectivity index (χ0n) is 14.2. The standard InChI is InChI=1S/C20H21FN4/c1-14-19(24-18-8-3-2-7-17(18)23-14)13-25-10-9-22-12-20(25)15-5-4-6-16(21)11-15/h2-8,11,20,22H,9-10,12-13H2,1H3. The Bertz CT molecular complexity index is 896. The third-order valence-electron chi connectivity index (χ3n) is 4.78. The summed E-state index contributed by atoms with van der Waals surface area (Å²) < 4.78 is 13.7. The van der Waals surface area contributed by atoms with Gasteiger partial charge in [-0.05, 0) is 36.8 Å². The molecule has 3 aromatic rings. The first kappa shape index (κ1) is 16.1. The monoisotopic (exact) mass is 336 g/mol. The highest BCUT2D eigenvalue weighted by Crippen LogP contribution is 2.25. The molecule has 0 amide bonds. The summed E-state index contributed by atoms with van der Waals surface area (Å²) in [6.07, 6.45) is 0. The van der Waals surface area contributed by atoms with Crippen molar-refractivity contribution >= 4 is 11.0 Å². The number of hydrogen-bond acceptors (Lipinski definition) is 4. The second-order valence-corrected chi connectivity index (χ2v) is 6.49. The van der Waals surface area contributed by atoms with Crippen LogP contribution in [0.1, 0.15) is 23.0 Å². The highest BCUT2D eigenvalue weighted by Gasteiger charge is 2.25. The number of para-hydroxylation sites is 2. The molecule has 4 rings (SSSR count). The largest absolute Gasteiger partial charge is 0.314 e. The highest BCUT2D eigenvalue weighted by atomic mass is 19.1. The van der Waals surface area contributed by atoms with E-state index in [0.717, 1.165) is 47.6 Å². The van der Waals surface area contributed by atoms with Gasteiger partial charge in [-0.1, -0.05) is 24.3 Å². The number of rotatable bonds is 3. The molecule has 0 bridgehead atoms. The van der Waals surface area contributed by atoms with E-state index in [1.54, 1.807) is 12.1 Å². The Labute approximate surface area is 146 Å². The number of piperazine rings is 1. The van der Waals surface area contributed by atoms with E-state index in [4.69, 9.17) is 4.98 Å². The normalized spacial score (nSPS) is 18.6. The molecule has 128 valence electrons. The van der Waals surface area contributed by atoms with Gasteiger partial charge in [0.1, 0.15) is 5.82 Å². The molecule has 2 aromatic carbocycles. The second kappa shape index (κ2) is 6.86. The van der Waals surface area contributed by atoms with Crippen molar-refractivity contribution in [2.45, 2.75) is 19.5 Å². The van der Waals surface area contributed by atoms with Crippen LogP contribution in [0.5, 0.6) is 0 Å². The fraction of sp³-hybridized carbons (Fsp3) is 0.300. The minimum absolute atomic E-state index is 0.136. The van der Waals surface area contributed by atoms with E-state index in [1.807, 2.05) is 37.3 Å². The maximum absolute atomic E-state index is 13.7. The summed E-state index contributed by atoms with van der Waals surface area (Å²) in [4.78, 5) is 11.9. The Hall–Kier alpha value is -2.37. The molecule has 1 aliphatic rings. The number of nitrogens with zero attached hydrogens (tertiary/aromatic N) is 3. The molecule has 2 heterocycles. The molecule has 1 atom stereocenters. The topological polar surface area (TPSA) is 41.1 Å². The maximum atomic E-state index is 13.7. The van der Waals surface area contributed by atoms with Gasteiger partial charge >= 0.3 is 0 Å². The van der Waals surface area contributed by atoms with Gasteiger partial charge in [-0.25, -0.2) is 14.4 Å².